The Morgan fingerprint density at radius 2 is 1.64 bits per heavy atom. The van der Waals surface area contributed by atoms with E-state index >= 15 is 0 Å². The highest BCUT2D eigenvalue weighted by Gasteiger charge is 2.14. The van der Waals surface area contributed by atoms with Crippen LogP contribution in [0, 0.1) is 0 Å². The largest absolute Gasteiger partial charge is 0.493 e. The monoisotopic (exact) mass is 375 g/mol. The molecule has 28 heavy (non-hydrogen) atoms. The molecule has 0 spiro atoms. The summed E-state index contributed by atoms with van der Waals surface area (Å²) in [5, 5.41) is 2.76. The van der Waals surface area contributed by atoms with Crippen LogP contribution in [-0.2, 0) is 11.2 Å². The maximum atomic E-state index is 12.6. The lowest BCUT2D eigenvalue weighted by molar-refractivity contribution is 0.0602. The number of rotatable bonds is 7. The molecular formula is C23H21NO4. The van der Waals surface area contributed by atoms with Crippen molar-refractivity contribution in [3.8, 4) is 5.75 Å². The number of carbonyl (C=O) groups excluding carboxylic acids is 2. The van der Waals surface area contributed by atoms with Crippen molar-refractivity contribution in [2.45, 2.75) is 6.42 Å². The predicted octanol–water partition coefficient (Wildman–Crippen LogP) is 4.35. The van der Waals surface area contributed by atoms with Crippen molar-refractivity contribution in [1.82, 2.24) is 0 Å². The summed E-state index contributed by atoms with van der Waals surface area (Å²) < 4.78 is 10.5. The highest BCUT2D eigenvalue weighted by Crippen LogP contribution is 2.19. The van der Waals surface area contributed by atoms with Gasteiger partial charge in [0.25, 0.3) is 5.91 Å². The number of methoxy groups -OCH3 is 1. The summed E-state index contributed by atoms with van der Waals surface area (Å²) in [4.78, 5) is 24.5. The molecule has 0 heterocycles. The van der Waals surface area contributed by atoms with Crippen LogP contribution in [0.1, 0.15) is 26.3 Å². The van der Waals surface area contributed by atoms with E-state index < -0.39 is 5.97 Å². The average molecular weight is 375 g/mol. The van der Waals surface area contributed by atoms with Gasteiger partial charge in [-0.1, -0.05) is 48.5 Å². The van der Waals surface area contributed by atoms with E-state index in [9.17, 15) is 9.59 Å². The zero-order chi connectivity index (χ0) is 19.8. The maximum Gasteiger partial charge on any atom is 0.339 e. The van der Waals surface area contributed by atoms with Gasteiger partial charge in [-0.25, -0.2) is 4.79 Å². The number of para-hydroxylation sites is 1. The van der Waals surface area contributed by atoms with Gasteiger partial charge in [-0.3, -0.25) is 4.79 Å². The fourth-order valence-electron chi connectivity index (χ4n) is 2.73. The van der Waals surface area contributed by atoms with Crippen LogP contribution < -0.4 is 10.1 Å². The molecule has 1 N–H and O–H groups in total. The van der Waals surface area contributed by atoms with Crippen LogP contribution in [0.2, 0.25) is 0 Å². The quantitative estimate of drug-likeness (QED) is 0.624. The van der Waals surface area contributed by atoms with Crippen LogP contribution in [0.25, 0.3) is 0 Å². The number of carbonyl (C=O) groups is 2. The molecule has 0 bridgehead atoms. The molecule has 3 aromatic carbocycles. The van der Waals surface area contributed by atoms with Crippen LogP contribution in [-0.4, -0.2) is 25.6 Å². The van der Waals surface area contributed by atoms with Crippen LogP contribution in [0.3, 0.4) is 0 Å². The number of amides is 1. The molecule has 0 unspecified atom stereocenters. The second-order valence-electron chi connectivity index (χ2n) is 6.10. The molecule has 0 saturated carbocycles. The second kappa shape index (κ2) is 9.37. The molecule has 0 aliphatic rings. The van der Waals surface area contributed by atoms with E-state index in [0.717, 1.165) is 6.42 Å². The van der Waals surface area contributed by atoms with E-state index in [1.807, 2.05) is 36.4 Å². The topological polar surface area (TPSA) is 64.6 Å². The van der Waals surface area contributed by atoms with Crippen LogP contribution in [0.15, 0.2) is 78.9 Å². The number of ether oxygens (including phenoxy) is 2. The molecule has 5 nitrogen and oxygen atoms in total. The zero-order valence-corrected chi connectivity index (χ0v) is 15.6. The molecule has 0 saturated heterocycles. The first kappa shape index (κ1) is 19.2. The minimum absolute atomic E-state index is 0.300. The standard InChI is InChI=1S/C23H21NO4/c1-27-23(26)20-12-5-6-13-21(20)24-22(25)18-10-7-11-19(16-18)28-15-14-17-8-3-2-4-9-17/h2-13,16H,14-15H2,1H3,(H,24,25). The molecule has 0 aliphatic heterocycles. The van der Waals surface area contributed by atoms with Crippen LogP contribution in [0.4, 0.5) is 5.69 Å². The van der Waals surface area contributed by atoms with E-state index in [0.29, 0.717) is 29.2 Å². The molecule has 0 fully saturated rings. The van der Waals surface area contributed by atoms with E-state index in [1.165, 1.54) is 12.7 Å². The normalized spacial score (nSPS) is 10.2. The van der Waals surface area contributed by atoms with Crippen molar-refractivity contribution in [2.75, 3.05) is 19.0 Å². The Morgan fingerprint density at radius 1 is 0.893 bits per heavy atom. The summed E-state index contributed by atoms with van der Waals surface area (Å²) in [7, 11) is 1.30. The molecule has 1 amide bonds. The van der Waals surface area contributed by atoms with Gasteiger partial charge >= 0.3 is 5.97 Å². The Bertz CT molecular complexity index is 954. The van der Waals surface area contributed by atoms with Crippen LogP contribution >= 0.6 is 0 Å². The zero-order valence-electron chi connectivity index (χ0n) is 15.6. The second-order valence-corrected chi connectivity index (χ2v) is 6.10. The predicted molar refractivity (Wildman–Crippen MR) is 108 cm³/mol. The molecule has 142 valence electrons. The third-order valence-corrected chi connectivity index (χ3v) is 4.18. The molecule has 0 aliphatic carbocycles. The van der Waals surface area contributed by atoms with E-state index in [4.69, 9.17) is 9.47 Å². The maximum absolute atomic E-state index is 12.6. The summed E-state index contributed by atoms with van der Waals surface area (Å²) >= 11 is 0. The molecule has 3 aromatic rings. The fraction of sp³-hybridized carbons (Fsp3) is 0.130. The molecule has 0 radical (unpaired) electrons. The summed E-state index contributed by atoms with van der Waals surface area (Å²) in [5.74, 6) is -0.219. The van der Waals surface area contributed by atoms with Crippen molar-refractivity contribution in [1.29, 1.82) is 0 Å². The number of hydrogen-bond donors (Lipinski definition) is 1. The van der Waals surface area contributed by atoms with Gasteiger partial charge in [0.2, 0.25) is 0 Å². The first-order valence-corrected chi connectivity index (χ1v) is 8.93. The lowest BCUT2D eigenvalue weighted by Crippen LogP contribution is -2.15. The van der Waals surface area contributed by atoms with Gasteiger partial charge in [0.1, 0.15) is 5.75 Å². The van der Waals surface area contributed by atoms with Gasteiger partial charge in [0.15, 0.2) is 0 Å². The summed E-state index contributed by atoms with van der Waals surface area (Å²) in [6, 6.07) is 23.7. The molecule has 3 rings (SSSR count). The smallest absolute Gasteiger partial charge is 0.339 e. The van der Waals surface area contributed by atoms with Gasteiger partial charge in [0, 0.05) is 12.0 Å². The van der Waals surface area contributed by atoms with E-state index in [-0.39, 0.29) is 5.91 Å². The first-order valence-electron chi connectivity index (χ1n) is 8.93. The summed E-state index contributed by atoms with van der Waals surface area (Å²) in [6.45, 7) is 0.514. The number of nitrogens with one attached hydrogen (secondary N) is 1. The lowest BCUT2D eigenvalue weighted by atomic mass is 10.1. The number of esters is 1. The van der Waals surface area contributed by atoms with Crippen molar-refractivity contribution in [2.24, 2.45) is 0 Å². The number of anilines is 1. The van der Waals surface area contributed by atoms with Crippen molar-refractivity contribution < 1.29 is 19.1 Å². The Kier molecular flexibility index (Phi) is 6.41. The Hall–Kier alpha value is -3.60. The summed E-state index contributed by atoms with van der Waals surface area (Å²) in [6.07, 6.45) is 0.782. The van der Waals surface area contributed by atoms with Crippen LogP contribution in [0.5, 0.6) is 5.75 Å². The van der Waals surface area contributed by atoms with Crippen molar-refractivity contribution in [3.05, 3.63) is 95.6 Å². The molecule has 5 heteroatoms. The number of hydrogen-bond acceptors (Lipinski definition) is 4. The first-order chi connectivity index (χ1) is 13.7. The Labute approximate surface area is 163 Å². The highest BCUT2D eigenvalue weighted by atomic mass is 16.5. The minimum Gasteiger partial charge on any atom is -0.493 e. The van der Waals surface area contributed by atoms with Gasteiger partial charge in [-0.05, 0) is 35.9 Å². The molecule has 0 atom stereocenters. The van der Waals surface area contributed by atoms with Gasteiger partial charge in [0.05, 0.1) is 25.0 Å². The van der Waals surface area contributed by atoms with Crippen molar-refractivity contribution in [3.63, 3.8) is 0 Å². The molecule has 0 aromatic heterocycles. The van der Waals surface area contributed by atoms with Gasteiger partial charge < -0.3 is 14.8 Å². The summed E-state index contributed by atoms with van der Waals surface area (Å²) in [5.41, 5.74) is 2.33. The van der Waals surface area contributed by atoms with Crippen molar-refractivity contribution >= 4 is 17.6 Å². The number of benzene rings is 3. The third-order valence-electron chi connectivity index (χ3n) is 4.18. The Balaban J connectivity index is 1.65. The van der Waals surface area contributed by atoms with Gasteiger partial charge in [-0.15, -0.1) is 0 Å². The van der Waals surface area contributed by atoms with E-state index in [1.54, 1.807) is 42.5 Å². The highest BCUT2D eigenvalue weighted by molar-refractivity contribution is 6.08. The third kappa shape index (κ3) is 4.98. The molecular weight excluding hydrogens is 354 g/mol. The SMILES string of the molecule is COC(=O)c1ccccc1NC(=O)c1cccc(OCCc2ccccc2)c1. The van der Waals surface area contributed by atoms with E-state index in [2.05, 4.69) is 5.32 Å². The lowest BCUT2D eigenvalue weighted by Gasteiger charge is -2.11. The minimum atomic E-state index is -0.506. The fourth-order valence-corrected chi connectivity index (χ4v) is 2.73. The van der Waals surface area contributed by atoms with Gasteiger partial charge in [-0.2, -0.15) is 0 Å². The average Bonchev–Trinajstić information content (AvgIpc) is 2.74. The Morgan fingerprint density at radius 3 is 2.43 bits per heavy atom.